The zero-order chi connectivity index (χ0) is 12.9. The van der Waals surface area contributed by atoms with Crippen LogP contribution in [0.5, 0.6) is 0 Å². The van der Waals surface area contributed by atoms with Gasteiger partial charge in [-0.15, -0.1) is 0 Å². The molecule has 1 saturated carbocycles. The highest BCUT2D eigenvalue weighted by Crippen LogP contribution is 2.53. The van der Waals surface area contributed by atoms with E-state index in [0.717, 1.165) is 18.6 Å². The number of hydrogen-bond donors (Lipinski definition) is 1. The third-order valence-corrected chi connectivity index (χ3v) is 4.62. The summed E-state index contributed by atoms with van der Waals surface area (Å²) in [6.45, 7) is 7.19. The molecule has 3 heteroatoms. The van der Waals surface area contributed by atoms with E-state index in [-0.39, 0.29) is 11.2 Å². The highest BCUT2D eigenvalue weighted by molar-refractivity contribution is 5.53. The molecule has 1 saturated heterocycles. The Kier molecular flexibility index (Phi) is 2.63. The topological polar surface area (TPSA) is 21.3 Å². The lowest BCUT2D eigenvalue weighted by atomic mass is 9.57. The maximum Gasteiger partial charge on any atom is 0.146 e. The van der Waals surface area contributed by atoms with Crippen molar-refractivity contribution in [2.75, 3.05) is 11.9 Å². The van der Waals surface area contributed by atoms with Crippen LogP contribution in [0.25, 0.3) is 0 Å². The molecule has 3 unspecified atom stereocenters. The molecule has 2 fully saturated rings. The standard InChI is InChI=1S/C15H20FNO/c1-9-5-4-6-11(16)12(9)17-13-10-7-8-18-14(10)15(13,2)3/h4-6,10,13-14,17H,7-8H2,1-3H3. The zero-order valence-corrected chi connectivity index (χ0v) is 11.2. The van der Waals surface area contributed by atoms with E-state index < -0.39 is 0 Å². The minimum absolute atomic E-state index is 0.0793. The molecule has 1 aliphatic carbocycles. The van der Waals surface area contributed by atoms with Crippen molar-refractivity contribution in [1.82, 2.24) is 0 Å². The normalized spacial score (nSPS) is 32.8. The van der Waals surface area contributed by atoms with Crippen molar-refractivity contribution in [1.29, 1.82) is 0 Å². The number of rotatable bonds is 2. The second-order valence-electron chi connectivity index (χ2n) is 6.12. The third-order valence-electron chi connectivity index (χ3n) is 4.62. The van der Waals surface area contributed by atoms with Gasteiger partial charge in [0, 0.05) is 24.0 Å². The van der Waals surface area contributed by atoms with Gasteiger partial charge in [-0.25, -0.2) is 4.39 Å². The molecule has 1 aromatic carbocycles. The molecule has 98 valence electrons. The molecule has 1 aliphatic heterocycles. The second-order valence-corrected chi connectivity index (χ2v) is 6.12. The summed E-state index contributed by atoms with van der Waals surface area (Å²) >= 11 is 0. The first-order valence-corrected chi connectivity index (χ1v) is 6.65. The number of nitrogens with one attached hydrogen (secondary N) is 1. The van der Waals surface area contributed by atoms with Crippen LogP contribution < -0.4 is 5.32 Å². The van der Waals surface area contributed by atoms with Gasteiger partial charge in [0.2, 0.25) is 0 Å². The lowest BCUT2D eigenvalue weighted by molar-refractivity contribution is -0.0923. The quantitative estimate of drug-likeness (QED) is 0.867. The molecule has 0 bridgehead atoms. The van der Waals surface area contributed by atoms with Crippen molar-refractivity contribution in [2.24, 2.45) is 11.3 Å². The summed E-state index contributed by atoms with van der Waals surface area (Å²) in [6.07, 6.45) is 1.42. The van der Waals surface area contributed by atoms with E-state index in [2.05, 4.69) is 19.2 Å². The molecule has 0 radical (unpaired) electrons. The predicted octanol–water partition coefficient (Wildman–Crippen LogP) is 3.36. The molecule has 3 atom stereocenters. The van der Waals surface area contributed by atoms with Crippen LogP contribution in [-0.4, -0.2) is 18.8 Å². The van der Waals surface area contributed by atoms with Gasteiger partial charge < -0.3 is 10.1 Å². The minimum atomic E-state index is -0.159. The SMILES string of the molecule is Cc1cccc(F)c1NC1C2CCOC2C1(C)C. The fourth-order valence-electron chi connectivity index (χ4n) is 3.59. The second kappa shape index (κ2) is 3.95. The van der Waals surface area contributed by atoms with Crippen molar-refractivity contribution >= 4 is 5.69 Å². The lowest BCUT2D eigenvalue weighted by Crippen LogP contribution is -2.63. The Morgan fingerprint density at radius 2 is 2.17 bits per heavy atom. The summed E-state index contributed by atoms with van der Waals surface area (Å²) in [5.41, 5.74) is 1.70. The van der Waals surface area contributed by atoms with Crippen LogP contribution in [0.1, 0.15) is 25.8 Å². The van der Waals surface area contributed by atoms with Crippen molar-refractivity contribution in [2.45, 2.75) is 39.3 Å². The number of aryl methyl sites for hydroxylation is 1. The summed E-state index contributed by atoms with van der Waals surface area (Å²) in [7, 11) is 0. The van der Waals surface area contributed by atoms with Gasteiger partial charge in [0.15, 0.2) is 0 Å². The fraction of sp³-hybridized carbons (Fsp3) is 0.600. The van der Waals surface area contributed by atoms with Crippen LogP contribution in [0, 0.1) is 24.1 Å². The van der Waals surface area contributed by atoms with E-state index in [0.29, 0.717) is 23.8 Å². The Labute approximate surface area is 108 Å². The molecule has 0 amide bonds. The first-order chi connectivity index (χ1) is 8.51. The van der Waals surface area contributed by atoms with Crippen molar-refractivity contribution in [3.8, 4) is 0 Å². The maximum atomic E-state index is 13.9. The summed E-state index contributed by atoms with van der Waals surface area (Å²) < 4.78 is 19.6. The predicted molar refractivity (Wildman–Crippen MR) is 70.2 cm³/mol. The van der Waals surface area contributed by atoms with E-state index in [4.69, 9.17) is 4.74 Å². The molecular formula is C15H20FNO. The first-order valence-electron chi connectivity index (χ1n) is 6.65. The smallest absolute Gasteiger partial charge is 0.146 e. The Morgan fingerprint density at radius 1 is 1.39 bits per heavy atom. The molecule has 1 aromatic rings. The van der Waals surface area contributed by atoms with Crippen LogP contribution >= 0.6 is 0 Å². The van der Waals surface area contributed by atoms with Crippen molar-refractivity contribution in [3.63, 3.8) is 0 Å². The highest BCUT2D eigenvalue weighted by atomic mass is 19.1. The van der Waals surface area contributed by atoms with Crippen LogP contribution in [0.2, 0.25) is 0 Å². The molecule has 1 N–H and O–H groups in total. The molecule has 1 heterocycles. The Hall–Kier alpha value is -1.09. The number of anilines is 1. The average molecular weight is 249 g/mol. The zero-order valence-electron chi connectivity index (χ0n) is 11.2. The van der Waals surface area contributed by atoms with E-state index in [1.807, 2.05) is 13.0 Å². The largest absolute Gasteiger partial charge is 0.379 e. The number of benzene rings is 1. The van der Waals surface area contributed by atoms with E-state index in [1.165, 1.54) is 6.07 Å². The number of hydrogen-bond acceptors (Lipinski definition) is 2. The molecular weight excluding hydrogens is 229 g/mol. The number of ether oxygens (including phenoxy) is 1. The molecule has 0 aromatic heterocycles. The van der Waals surface area contributed by atoms with Gasteiger partial charge in [0.05, 0.1) is 11.8 Å². The summed E-state index contributed by atoms with van der Waals surface area (Å²) in [5, 5.41) is 3.42. The summed E-state index contributed by atoms with van der Waals surface area (Å²) in [5.74, 6) is 0.368. The van der Waals surface area contributed by atoms with E-state index in [1.54, 1.807) is 6.07 Å². The van der Waals surface area contributed by atoms with Crippen molar-refractivity contribution < 1.29 is 9.13 Å². The van der Waals surface area contributed by atoms with Gasteiger partial charge in [0.1, 0.15) is 5.82 Å². The number of halogens is 1. The lowest BCUT2D eigenvalue weighted by Gasteiger charge is -2.55. The first kappa shape index (κ1) is 12.0. The Bertz CT molecular complexity index is 451. The van der Waals surface area contributed by atoms with E-state index in [9.17, 15) is 4.39 Å². The van der Waals surface area contributed by atoms with Gasteiger partial charge in [-0.05, 0) is 25.0 Å². The summed E-state index contributed by atoms with van der Waals surface area (Å²) in [6, 6.07) is 5.52. The fourth-order valence-corrected chi connectivity index (χ4v) is 3.59. The number of fused-ring (bicyclic) bond motifs is 1. The Morgan fingerprint density at radius 3 is 2.89 bits per heavy atom. The molecule has 2 aliphatic rings. The van der Waals surface area contributed by atoms with Gasteiger partial charge in [0.25, 0.3) is 0 Å². The highest BCUT2D eigenvalue weighted by Gasteiger charge is 2.59. The molecule has 0 spiro atoms. The minimum Gasteiger partial charge on any atom is -0.379 e. The van der Waals surface area contributed by atoms with Gasteiger partial charge in [-0.3, -0.25) is 0 Å². The molecule has 2 nitrogen and oxygen atoms in total. The molecule has 3 rings (SSSR count). The third kappa shape index (κ3) is 1.57. The number of para-hydroxylation sites is 1. The van der Waals surface area contributed by atoms with E-state index >= 15 is 0 Å². The van der Waals surface area contributed by atoms with Crippen LogP contribution in [-0.2, 0) is 4.74 Å². The summed E-state index contributed by atoms with van der Waals surface area (Å²) in [4.78, 5) is 0. The van der Waals surface area contributed by atoms with Crippen LogP contribution in [0.4, 0.5) is 10.1 Å². The maximum absolute atomic E-state index is 13.9. The van der Waals surface area contributed by atoms with Gasteiger partial charge in [-0.2, -0.15) is 0 Å². The Balaban J connectivity index is 1.85. The average Bonchev–Trinajstić information content (AvgIpc) is 2.75. The van der Waals surface area contributed by atoms with Crippen LogP contribution in [0.3, 0.4) is 0 Å². The monoisotopic (exact) mass is 249 g/mol. The van der Waals surface area contributed by atoms with Gasteiger partial charge in [-0.1, -0.05) is 26.0 Å². The van der Waals surface area contributed by atoms with Gasteiger partial charge >= 0.3 is 0 Å². The van der Waals surface area contributed by atoms with Crippen LogP contribution in [0.15, 0.2) is 18.2 Å². The molecule has 18 heavy (non-hydrogen) atoms. The van der Waals surface area contributed by atoms with Crippen molar-refractivity contribution in [3.05, 3.63) is 29.6 Å².